The Morgan fingerprint density at radius 1 is 1.25 bits per heavy atom. The molecule has 0 saturated heterocycles. The van der Waals surface area contributed by atoms with Crippen LogP contribution in [-0.4, -0.2) is 0 Å². The lowest BCUT2D eigenvalue weighted by atomic mass is 10.0. The van der Waals surface area contributed by atoms with Crippen LogP contribution in [-0.2, 0) is 0 Å². The minimum absolute atomic E-state index is 0.577. The van der Waals surface area contributed by atoms with E-state index in [1.54, 1.807) is 0 Å². The molecule has 3 heteroatoms. The van der Waals surface area contributed by atoms with Gasteiger partial charge in [0, 0.05) is 0 Å². The molecule has 0 bridgehead atoms. The van der Waals surface area contributed by atoms with Crippen LogP contribution >= 0.6 is 12.1 Å². The van der Waals surface area contributed by atoms with Crippen molar-refractivity contribution in [3.05, 3.63) is 23.8 Å². The lowest BCUT2D eigenvalue weighted by Gasteiger charge is -2.09. The van der Waals surface area contributed by atoms with Crippen LogP contribution in [0.3, 0.4) is 0 Å². The standard InChI is InChI=1S/C9H12N2S/c1-6(2)7-4-3-5-8-9(7)11-12-10-8/h3-6,10-11H,1-2H3. The van der Waals surface area contributed by atoms with Crippen molar-refractivity contribution in [2.75, 3.05) is 9.44 Å². The molecule has 1 heterocycles. The van der Waals surface area contributed by atoms with Crippen molar-refractivity contribution >= 4 is 23.5 Å². The first-order chi connectivity index (χ1) is 5.79. The number of fused-ring (bicyclic) bond motifs is 1. The largest absolute Gasteiger partial charge is 0.310 e. The van der Waals surface area contributed by atoms with E-state index in [2.05, 4.69) is 41.5 Å². The lowest BCUT2D eigenvalue weighted by Crippen LogP contribution is -1.91. The highest BCUT2D eigenvalue weighted by molar-refractivity contribution is 8.02. The van der Waals surface area contributed by atoms with E-state index in [0.29, 0.717) is 5.92 Å². The summed E-state index contributed by atoms with van der Waals surface area (Å²) >= 11 is 1.53. The summed E-state index contributed by atoms with van der Waals surface area (Å²) in [5, 5.41) is 0. The molecule has 0 fully saturated rings. The first kappa shape index (κ1) is 7.80. The van der Waals surface area contributed by atoms with Gasteiger partial charge >= 0.3 is 0 Å². The van der Waals surface area contributed by atoms with Gasteiger partial charge in [0.1, 0.15) is 0 Å². The van der Waals surface area contributed by atoms with Gasteiger partial charge in [-0.15, -0.1) is 0 Å². The molecule has 0 atom stereocenters. The molecule has 0 saturated carbocycles. The number of anilines is 2. The SMILES string of the molecule is CC(C)c1cccc2c1NSN2. The maximum atomic E-state index is 3.26. The summed E-state index contributed by atoms with van der Waals surface area (Å²) in [5.74, 6) is 0.577. The molecule has 2 rings (SSSR count). The van der Waals surface area contributed by atoms with Crippen molar-refractivity contribution in [3.63, 3.8) is 0 Å². The number of benzene rings is 1. The predicted octanol–water partition coefficient (Wildman–Crippen LogP) is 3.21. The molecule has 0 unspecified atom stereocenters. The molecule has 0 amide bonds. The molecule has 2 N–H and O–H groups in total. The molecule has 1 aromatic carbocycles. The number of nitrogens with one attached hydrogen (secondary N) is 2. The number of para-hydroxylation sites is 1. The molecule has 0 radical (unpaired) electrons. The quantitative estimate of drug-likeness (QED) is 0.649. The zero-order chi connectivity index (χ0) is 8.55. The maximum Gasteiger partial charge on any atom is 0.0732 e. The third kappa shape index (κ3) is 1.14. The van der Waals surface area contributed by atoms with Crippen molar-refractivity contribution in [1.82, 2.24) is 0 Å². The fraction of sp³-hybridized carbons (Fsp3) is 0.333. The molecule has 1 aromatic rings. The Labute approximate surface area is 77.0 Å². The number of hydrogen-bond donors (Lipinski definition) is 2. The van der Waals surface area contributed by atoms with Gasteiger partial charge in [-0.2, -0.15) is 0 Å². The molecule has 0 spiro atoms. The van der Waals surface area contributed by atoms with E-state index in [1.165, 1.54) is 29.1 Å². The normalized spacial score (nSPS) is 13.9. The minimum atomic E-state index is 0.577. The van der Waals surface area contributed by atoms with Crippen molar-refractivity contribution < 1.29 is 0 Å². The Morgan fingerprint density at radius 3 is 2.83 bits per heavy atom. The summed E-state index contributed by atoms with van der Waals surface area (Å²) < 4.78 is 6.46. The molecular formula is C9H12N2S. The Morgan fingerprint density at radius 2 is 2.08 bits per heavy atom. The van der Waals surface area contributed by atoms with Crippen molar-refractivity contribution in [2.24, 2.45) is 0 Å². The van der Waals surface area contributed by atoms with E-state index < -0.39 is 0 Å². The van der Waals surface area contributed by atoms with Crippen molar-refractivity contribution in [1.29, 1.82) is 0 Å². The van der Waals surface area contributed by atoms with Gasteiger partial charge in [-0.25, -0.2) is 0 Å². The number of hydrogen-bond acceptors (Lipinski definition) is 3. The summed E-state index contributed by atoms with van der Waals surface area (Å²) in [6, 6.07) is 6.35. The number of rotatable bonds is 1. The average molecular weight is 180 g/mol. The van der Waals surface area contributed by atoms with Gasteiger partial charge in [-0.05, 0) is 17.5 Å². The first-order valence-electron chi connectivity index (χ1n) is 4.10. The third-order valence-corrected chi connectivity index (χ3v) is 2.66. The topological polar surface area (TPSA) is 24.1 Å². The average Bonchev–Trinajstić information content (AvgIpc) is 2.49. The highest BCUT2D eigenvalue weighted by Crippen LogP contribution is 2.38. The third-order valence-electron chi connectivity index (χ3n) is 2.03. The second-order valence-corrected chi connectivity index (χ2v) is 3.84. The van der Waals surface area contributed by atoms with Gasteiger partial charge in [0.25, 0.3) is 0 Å². The smallest absolute Gasteiger partial charge is 0.0732 e. The van der Waals surface area contributed by atoms with E-state index in [9.17, 15) is 0 Å². The summed E-state index contributed by atoms with van der Waals surface area (Å²) in [5.41, 5.74) is 3.83. The minimum Gasteiger partial charge on any atom is -0.310 e. The first-order valence-corrected chi connectivity index (χ1v) is 4.91. The van der Waals surface area contributed by atoms with Crippen LogP contribution < -0.4 is 9.44 Å². The van der Waals surface area contributed by atoms with E-state index in [0.717, 1.165) is 0 Å². The van der Waals surface area contributed by atoms with Crippen molar-refractivity contribution in [3.8, 4) is 0 Å². The summed E-state index contributed by atoms with van der Waals surface area (Å²) in [4.78, 5) is 0. The van der Waals surface area contributed by atoms with Gasteiger partial charge in [0.15, 0.2) is 0 Å². The van der Waals surface area contributed by atoms with Gasteiger partial charge in [0.2, 0.25) is 0 Å². The molecule has 1 aliphatic rings. The van der Waals surface area contributed by atoms with Crippen LogP contribution in [0.2, 0.25) is 0 Å². The predicted molar refractivity (Wildman–Crippen MR) is 55.4 cm³/mol. The monoisotopic (exact) mass is 180 g/mol. The van der Waals surface area contributed by atoms with Crippen LogP contribution in [0.4, 0.5) is 11.4 Å². The molecule has 1 aliphatic heterocycles. The van der Waals surface area contributed by atoms with Crippen LogP contribution in [0.25, 0.3) is 0 Å². The van der Waals surface area contributed by atoms with E-state index in [-0.39, 0.29) is 0 Å². The van der Waals surface area contributed by atoms with Crippen LogP contribution in [0, 0.1) is 0 Å². The summed E-state index contributed by atoms with van der Waals surface area (Å²) in [6.45, 7) is 4.42. The second kappa shape index (κ2) is 2.90. The lowest BCUT2D eigenvalue weighted by molar-refractivity contribution is 0.871. The molecule has 12 heavy (non-hydrogen) atoms. The highest BCUT2D eigenvalue weighted by atomic mass is 32.2. The van der Waals surface area contributed by atoms with Crippen molar-refractivity contribution in [2.45, 2.75) is 19.8 Å². The van der Waals surface area contributed by atoms with Gasteiger partial charge in [-0.1, -0.05) is 26.0 Å². The zero-order valence-electron chi connectivity index (χ0n) is 7.22. The fourth-order valence-electron chi connectivity index (χ4n) is 1.38. The van der Waals surface area contributed by atoms with E-state index in [4.69, 9.17) is 0 Å². The van der Waals surface area contributed by atoms with Crippen LogP contribution in [0.5, 0.6) is 0 Å². The Hall–Kier alpha value is -0.830. The van der Waals surface area contributed by atoms with Crippen LogP contribution in [0.15, 0.2) is 18.2 Å². The fourth-order valence-corrected chi connectivity index (χ4v) is 2.04. The Bertz CT molecular complexity index is 297. The Kier molecular flexibility index (Phi) is 1.89. The van der Waals surface area contributed by atoms with Crippen LogP contribution in [0.1, 0.15) is 25.3 Å². The Balaban J connectivity index is 2.49. The van der Waals surface area contributed by atoms with E-state index >= 15 is 0 Å². The van der Waals surface area contributed by atoms with Gasteiger partial charge in [0.05, 0.1) is 23.5 Å². The summed E-state index contributed by atoms with van der Waals surface area (Å²) in [7, 11) is 0. The van der Waals surface area contributed by atoms with Gasteiger partial charge < -0.3 is 9.44 Å². The highest BCUT2D eigenvalue weighted by Gasteiger charge is 2.15. The maximum absolute atomic E-state index is 3.26. The molecule has 64 valence electrons. The summed E-state index contributed by atoms with van der Waals surface area (Å²) in [6.07, 6.45) is 0. The zero-order valence-corrected chi connectivity index (χ0v) is 8.03. The molecular weight excluding hydrogens is 168 g/mol. The molecule has 0 aliphatic carbocycles. The van der Waals surface area contributed by atoms with E-state index in [1.807, 2.05) is 0 Å². The molecule has 2 nitrogen and oxygen atoms in total. The molecule has 0 aromatic heterocycles. The second-order valence-electron chi connectivity index (χ2n) is 3.23. The van der Waals surface area contributed by atoms with Gasteiger partial charge in [-0.3, -0.25) is 0 Å².